The van der Waals surface area contributed by atoms with E-state index in [1.807, 2.05) is 72.8 Å². The zero-order chi connectivity index (χ0) is 24.4. The molecule has 35 heavy (non-hydrogen) atoms. The van der Waals surface area contributed by atoms with Crippen molar-refractivity contribution in [3.8, 4) is 22.8 Å². The van der Waals surface area contributed by atoms with Crippen molar-refractivity contribution in [3.05, 3.63) is 90.1 Å². The molecule has 0 aliphatic carbocycles. The van der Waals surface area contributed by atoms with Gasteiger partial charge in [-0.2, -0.15) is 0 Å². The van der Waals surface area contributed by atoms with Crippen molar-refractivity contribution in [2.45, 2.75) is 6.10 Å². The molecule has 0 saturated carbocycles. The fraction of sp³-hybridized carbons (Fsp3) is 0.143. The summed E-state index contributed by atoms with van der Waals surface area (Å²) in [5, 5.41) is 15.1. The Bertz CT molecular complexity index is 1510. The lowest BCUT2D eigenvalue weighted by atomic mass is 10.0. The number of aromatic nitrogens is 2. The zero-order valence-corrected chi connectivity index (χ0v) is 19.4. The second-order valence-corrected chi connectivity index (χ2v) is 8.13. The summed E-state index contributed by atoms with van der Waals surface area (Å²) in [5.41, 5.74) is 3.96. The van der Waals surface area contributed by atoms with E-state index in [1.54, 1.807) is 20.3 Å². The molecule has 0 radical (unpaired) electrons. The van der Waals surface area contributed by atoms with Gasteiger partial charge in [0.05, 0.1) is 31.5 Å². The molecule has 7 heteroatoms. The third-order valence-corrected chi connectivity index (χ3v) is 6.03. The molecule has 2 heterocycles. The highest BCUT2D eigenvalue weighted by Gasteiger charge is 2.21. The molecule has 3 aromatic carbocycles. The summed E-state index contributed by atoms with van der Waals surface area (Å²) in [6.45, 7) is 0.0638. The number of benzene rings is 3. The van der Waals surface area contributed by atoms with Crippen LogP contribution in [-0.4, -0.2) is 41.7 Å². The Balaban J connectivity index is 1.60. The first-order chi connectivity index (χ1) is 17.1. The highest BCUT2D eigenvalue weighted by Crippen LogP contribution is 2.41. The van der Waals surface area contributed by atoms with E-state index in [2.05, 4.69) is 10.3 Å². The number of fused-ring (bicyclic) bond motifs is 3. The third-order valence-electron chi connectivity index (χ3n) is 6.03. The topological polar surface area (TPSA) is 96.5 Å². The van der Waals surface area contributed by atoms with Gasteiger partial charge in [-0.3, -0.25) is 4.79 Å². The number of methoxy groups -OCH3 is 2. The van der Waals surface area contributed by atoms with Gasteiger partial charge < -0.3 is 24.9 Å². The number of rotatable bonds is 7. The van der Waals surface area contributed by atoms with Crippen LogP contribution >= 0.6 is 0 Å². The lowest BCUT2D eigenvalue weighted by molar-refractivity contribution is 0.0911. The number of aromatic amines is 1. The second kappa shape index (κ2) is 9.48. The number of amides is 1. The van der Waals surface area contributed by atoms with Gasteiger partial charge >= 0.3 is 0 Å². The van der Waals surface area contributed by atoms with Crippen molar-refractivity contribution in [3.63, 3.8) is 0 Å². The van der Waals surface area contributed by atoms with Crippen molar-refractivity contribution in [1.82, 2.24) is 15.3 Å². The smallest absolute Gasteiger partial charge is 0.270 e. The van der Waals surface area contributed by atoms with E-state index in [4.69, 9.17) is 14.5 Å². The molecule has 0 saturated heterocycles. The summed E-state index contributed by atoms with van der Waals surface area (Å²) < 4.78 is 11.1. The fourth-order valence-electron chi connectivity index (χ4n) is 4.30. The van der Waals surface area contributed by atoms with E-state index in [-0.39, 0.29) is 18.1 Å². The van der Waals surface area contributed by atoms with Gasteiger partial charge in [0.2, 0.25) is 0 Å². The number of aliphatic hydroxyl groups is 1. The summed E-state index contributed by atoms with van der Waals surface area (Å²) in [5.74, 6) is 0.715. The Morgan fingerprint density at radius 1 is 0.971 bits per heavy atom. The van der Waals surface area contributed by atoms with Crippen molar-refractivity contribution in [1.29, 1.82) is 0 Å². The van der Waals surface area contributed by atoms with E-state index in [9.17, 15) is 9.90 Å². The van der Waals surface area contributed by atoms with E-state index in [1.165, 1.54) is 0 Å². The number of H-pyrrole nitrogens is 1. The first-order valence-corrected chi connectivity index (χ1v) is 11.2. The van der Waals surface area contributed by atoms with Crippen molar-refractivity contribution in [2.75, 3.05) is 20.8 Å². The summed E-state index contributed by atoms with van der Waals surface area (Å²) in [4.78, 5) is 21.4. The third kappa shape index (κ3) is 4.18. The van der Waals surface area contributed by atoms with E-state index < -0.39 is 6.10 Å². The predicted molar refractivity (Wildman–Crippen MR) is 136 cm³/mol. The number of nitrogens with one attached hydrogen (secondary N) is 2. The largest absolute Gasteiger partial charge is 0.493 e. The molecule has 0 spiro atoms. The minimum atomic E-state index is -0.824. The van der Waals surface area contributed by atoms with Crippen LogP contribution in [0.5, 0.6) is 11.5 Å². The Hall–Kier alpha value is -4.36. The molecule has 5 aromatic rings. The van der Waals surface area contributed by atoms with Crippen LogP contribution in [0.3, 0.4) is 0 Å². The molecule has 5 rings (SSSR count). The van der Waals surface area contributed by atoms with Gasteiger partial charge in [0.1, 0.15) is 5.69 Å². The maximum atomic E-state index is 13.2. The molecule has 3 N–H and O–H groups in total. The highest BCUT2D eigenvalue weighted by atomic mass is 16.5. The molecule has 0 aliphatic rings. The van der Waals surface area contributed by atoms with Crippen molar-refractivity contribution < 1.29 is 19.4 Å². The number of hydrogen-bond acceptors (Lipinski definition) is 5. The van der Waals surface area contributed by atoms with Gasteiger partial charge in [-0.25, -0.2) is 4.98 Å². The van der Waals surface area contributed by atoms with Gasteiger partial charge in [0.15, 0.2) is 11.5 Å². The Kier molecular flexibility index (Phi) is 6.08. The molecule has 0 aliphatic heterocycles. The number of carbonyl (C=O) groups is 1. The Morgan fingerprint density at radius 3 is 2.51 bits per heavy atom. The lowest BCUT2D eigenvalue weighted by Gasteiger charge is -2.15. The van der Waals surface area contributed by atoms with Gasteiger partial charge in [-0.1, -0.05) is 54.6 Å². The standard InChI is InChI=1S/C28H25N3O4/c1-34-24-14-8-12-19(27(24)35-2)25-26-20(18-11-6-7-13-21(18)30-26)15-22(31-25)28(33)29-16-23(32)17-9-4-3-5-10-17/h3-15,23,30,32H,16H2,1-2H3,(H,29,33)/t23-/m0/s1. The van der Waals surface area contributed by atoms with E-state index >= 15 is 0 Å². The summed E-state index contributed by atoms with van der Waals surface area (Å²) >= 11 is 0. The van der Waals surface area contributed by atoms with Gasteiger partial charge in [-0.15, -0.1) is 0 Å². The molecule has 0 unspecified atom stereocenters. The molecule has 1 atom stereocenters. The monoisotopic (exact) mass is 467 g/mol. The quantitative estimate of drug-likeness (QED) is 0.318. The number of pyridine rings is 1. The van der Waals surface area contributed by atoms with Crippen LogP contribution in [0.15, 0.2) is 78.9 Å². The zero-order valence-electron chi connectivity index (χ0n) is 19.4. The van der Waals surface area contributed by atoms with Crippen LogP contribution < -0.4 is 14.8 Å². The Morgan fingerprint density at radius 2 is 1.74 bits per heavy atom. The fourth-order valence-corrected chi connectivity index (χ4v) is 4.30. The molecule has 1 amide bonds. The van der Waals surface area contributed by atoms with Crippen LogP contribution in [0, 0.1) is 0 Å². The van der Waals surface area contributed by atoms with Crippen LogP contribution in [-0.2, 0) is 0 Å². The van der Waals surface area contributed by atoms with Crippen molar-refractivity contribution >= 4 is 27.7 Å². The molecule has 0 bridgehead atoms. The minimum absolute atomic E-state index is 0.0638. The lowest BCUT2D eigenvalue weighted by Crippen LogP contribution is -2.29. The van der Waals surface area contributed by atoms with Crippen molar-refractivity contribution in [2.24, 2.45) is 0 Å². The summed E-state index contributed by atoms with van der Waals surface area (Å²) in [6.07, 6.45) is -0.824. The summed E-state index contributed by atoms with van der Waals surface area (Å²) in [7, 11) is 3.15. The molecular weight excluding hydrogens is 442 g/mol. The maximum absolute atomic E-state index is 13.2. The second-order valence-electron chi connectivity index (χ2n) is 8.13. The number of ether oxygens (including phenoxy) is 2. The van der Waals surface area contributed by atoms with Crippen LogP contribution in [0.1, 0.15) is 22.2 Å². The molecule has 2 aromatic heterocycles. The van der Waals surface area contributed by atoms with Crippen LogP contribution in [0.2, 0.25) is 0 Å². The number of carbonyl (C=O) groups excluding carboxylic acids is 1. The SMILES string of the molecule is COc1cccc(-c2nc(C(=O)NC[C@H](O)c3ccccc3)cc3c2[nH]c2ccccc23)c1OC. The normalized spacial score (nSPS) is 12.0. The molecule has 7 nitrogen and oxygen atoms in total. The van der Waals surface area contributed by atoms with Gasteiger partial charge in [0, 0.05) is 28.4 Å². The minimum Gasteiger partial charge on any atom is -0.493 e. The predicted octanol–water partition coefficient (Wildman–Crippen LogP) is 4.86. The number of para-hydroxylation sites is 2. The average Bonchev–Trinajstić information content (AvgIpc) is 3.29. The molecule has 0 fully saturated rings. The van der Waals surface area contributed by atoms with E-state index in [0.29, 0.717) is 22.8 Å². The number of hydrogen-bond donors (Lipinski definition) is 3. The van der Waals surface area contributed by atoms with E-state index in [0.717, 1.165) is 27.4 Å². The average molecular weight is 468 g/mol. The first kappa shape index (κ1) is 22.4. The van der Waals surface area contributed by atoms with Gasteiger partial charge in [-0.05, 0) is 29.8 Å². The van der Waals surface area contributed by atoms with Crippen LogP contribution in [0.4, 0.5) is 0 Å². The molecule has 176 valence electrons. The molecular formula is C28H25N3O4. The first-order valence-electron chi connectivity index (χ1n) is 11.2. The van der Waals surface area contributed by atoms with Crippen LogP contribution in [0.25, 0.3) is 33.1 Å². The number of aliphatic hydroxyl groups excluding tert-OH is 1. The highest BCUT2D eigenvalue weighted by molar-refractivity contribution is 6.13. The van der Waals surface area contributed by atoms with Gasteiger partial charge in [0.25, 0.3) is 5.91 Å². The number of nitrogens with zero attached hydrogens (tertiary/aromatic N) is 1. The summed E-state index contributed by atoms with van der Waals surface area (Å²) in [6, 6.07) is 24.4. The maximum Gasteiger partial charge on any atom is 0.270 e. The Labute approximate surface area is 202 Å².